The predicted molar refractivity (Wildman–Crippen MR) is 87.7 cm³/mol. The van der Waals surface area contributed by atoms with E-state index in [1.54, 1.807) is 0 Å². The summed E-state index contributed by atoms with van der Waals surface area (Å²) in [5.74, 6) is 2.27. The van der Waals surface area contributed by atoms with Gasteiger partial charge in [0.05, 0.1) is 18.2 Å². The largest absolute Gasteiger partial charge is 0.465 e. The van der Waals surface area contributed by atoms with Gasteiger partial charge in [0.1, 0.15) is 11.5 Å². The summed E-state index contributed by atoms with van der Waals surface area (Å²) in [6.45, 7) is 3.66. The predicted octanol–water partition coefficient (Wildman–Crippen LogP) is 1.60. The number of furan rings is 1. The zero-order valence-electron chi connectivity index (χ0n) is 13.3. The van der Waals surface area contributed by atoms with Crippen molar-refractivity contribution in [3.8, 4) is 0 Å². The third-order valence-corrected chi connectivity index (χ3v) is 4.96. The molecule has 0 bridgehead atoms. The van der Waals surface area contributed by atoms with E-state index in [-0.39, 0.29) is 18.2 Å². The number of hydrogen-bond donors (Lipinski definition) is 4. The molecule has 23 heavy (non-hydrogen) atoms. The molecule has 2 unspecified atom stereocenters. The lowest BCUT2D eigenvalue weighted by Crippen LogP contribution is -2.35. The number of hydrazine groups is 1. The third kappa shape index (κ3) is 2.81. The number of nitrogens with one attached hydrogen (secondary N) is 3. The second kappa shape index (κ2) is 6.09. The van der Waals surface area contributed by atoms with Crippen LogP contribution in [0, 0.1) is 12.8 Å². The molecule has 122 valence electrons. The summed E-state index contributed by atoms with van der Waals surface area (Å²) in [6, 6.07) is 12.5. The van der Waals surface area contributed by atoms with Crippen LogP contribution in [-0.4, -0.2) is 24.3 Å². The Labute approximate surface area is 136 Å². The van der Waals surface area contributed by atoms with E-state index in [1.807, 2.05) is 31.2 Å². The number of aryl methyl sites for hydroxylation is 1. The van der Waals surface area contributed by atoms with Crippen molar-refractivity contribution in [3.05, 3.63) is 59.0 Å². The summed E-state index contributed by atoms with van der Waals surface area (Å²) in [5, 5.41) is 13.9. The first-order valence-electron chi connectivity index (χ1n) is 8.26. The lowest BCUT2D eigenvalue weighted by molar-refractivity contribution is 0.138. The van der Waals surface area contributed by atoms with Gasteiger partial charge in [-0.1, -0.05) is 24.3 Å². The van der Waals surface area contributed by atoms with Gasteiger partial charge in [0.15, 0.2) is 0 Å². The van der Waals surface area contributed by atoms with E-state index in [9.17, 15) is 5.11 Å². The molecule has 2 aliphatic rings. The van der Waals surface area contributed by atoms with Gasteiger partial charge in [-0.3, -0.25) is 5.43 Å². The van der Waals surface area contributed by atoms with Crippen molar-refractivity contribution >= 4 is 0 Å². The second-order valence-corrected chi connectivity index (χ2v) is 6.57. The molecule has 0 radical (unpaired) electrons. The molecule has 1 fully saturated rings. The molecule has 5 nitrogen and oxygen atoms in total. The minimum absolute atomic E-state index is 0.0192. The number of aliphatic hydroxyl groups is 1. The van der Waals surface area contributed by atoms with Crippen molar-refractivity contribution in [1.29, 1.82) is 0 Å². The maximum atomic E-state index is 10.4. The van der Waals surface area contributed by atoms with Crippen molar-refractivity contribution in [2.75, 3.05) is 13.1 Å². The molecule has 5 heteroatoms. The molecule has 0 amide bonds. The van der Waals surface area contributed by atoms with Crippen LogP contribution >= 0.6 is 0 Å². The van der Waals surface area contributed by atoms with Gasteiger partial charge in [0.25, 0.3) is 0 Å². The van der Waals surface area contributed by atoms with Crippen LogP contribution in [0.4, 0.5) is 0 Å². The number of aliphatic hydroxyl groups excluding tert-OH is 1. The van der Waals surface area contributed by atoms with Crippen LogP contribution in [-0.2, 0) is 6.42 Å². The lowest BCUT2D eigenvalue weighted by Gasteiger charge is -2.22. The average molecular weight is 313 g/mol. The van der Waals surface area contributed by atoms with Gasteiger partial charge in [0, 0.05) is 25.4 Å². The minimum Gasteiger partial charge on any atom is -0.465 e. The summed E-state index contributed by atoms with van der Waals surface area (Å²) in [6.07, 6.45) is 0.384. The highest BCUT2D eigenvalue weighted by atomic mass is 16.3. The van der Waals surface area contributed by atoms with Gasteiger partial charge >= 0.3 is 0 Å². The molecule has 2 aromatic rings. The quantitative estimate of drug-likeness (QED) is 0.690. The highest BCUT2D eigenvalue weighted by molar-refractivity contribution is 5.36. The molecule has 0 spiro atoms. The SMILES string of the molecule is Cc1ccc(C2NNCC2CN[C@H]2c3ccccc3C[C@H]2O)o1. The number of hydrogen-bond acceptors (Lipinski definition) is 5. The number of benzene rings is 1. The Morgan fingerprint density at radius 1 is 1.26 bits per heavy atom. The summed E-state index contributed by atoms with van der Waals surface area (Å²) in [5.41, 5.74) is 8.99. The van der Waals surface area contributed by atoms with Crippen LogP contribution in [0.3, 0.4) is 0 Å². The summed E-state index contributed by atoms with van der Waals surface area (Å²) in [4.78, 5) is 0. The first kappa shape index (κ1) is 14.9. The first-order chi connectivity index (χ1) is 11.2. The average Bonchev–Trinajstić information content (AvgIpc) is 3.23. The molecular weight excluding hydrogens is 290 g/mol. The van der Waals surface area contributed by atoms with Crippen LogP contribution in [0.15, 0.2) is 40.8 Å². The van der Waals surface area contributed by atoms with Crippen molar-refractivity contribution < 1.29 is 9.52 Å². The van der Waals surface area contributed by atoms with Gasteiger partial charge in [0.2, 0.25) is 0 Å². The Morgan fingerprint density at radius 3 is 2.96 bits per heavy atom. The molecule has 1 saturated heterocycles. The van der Waals surface area contributed by atoms with Gasteiger partial charge in [-0.2, -0.15) is 0 Å². The molecule has 4 atom stereocenters. The topological polar surface area (TPSA) is 69.5 Å². The Bertz CT molecular complexity index is 684. The maximum absolute atomic E-state index is 10.4. The molecule has 1 aliphatic heterocycles. The summed E-state index contributed by atoms with van der Waals surface area (Å²) < 4.78 is 5.77. The molecule has 2 heterocycles. The number of rotatable bonds is 4. The minimum atomic E-state index is -0.348. The van der Waals surface area contributed by atoms with E-state index in [1.165, 1.54) is 11.1 Å². The fraction of sp³-hybridized carbons (Fsp3) is 0.444. The number of fused-ring (bicyclic) bond motifs is 1. The van der Waals surface area contributed by atoms with Gasteiger partial charge < -0.3 is 14.8 Å². The standard InChI is InChI=1S/C18H23N3O2/c1-11-6-7-16(23-11)17-13(10-20-21-17)9-19-18-14-5-3-2-4-12(14)8-15(18)22/h2-7,13,15,17-22H,8-10H2,1H3/t13?,15-,17?,18+/m1/s1. The maximum Gasteiger partial charge on any atom is 0.122 e. The summed E-state index contributed by atoms with van der Waals surface area (Å²) in [7, 11) is 0. The Morgan fingerprint density at radius 2 is 2.13 bits per heavy atom. The molecular formula is C18H23N3O2. The van der Waals surface area contributed by atoms with E-state index in [0.717, 1.165) is 31.0 Å². The van der Waals surface area contributed by atoms with E-state index >= 15 is 0 Å². The van der Waals surface area contributed by atoms with E-state index in [2.05, 4.69) is 28.3 Å². The fourth-order valence-electron chi connectivity index (χ4n) is 3.75. The van der Waals surface area contributed by atoms with Crippen LogP contribution in [0.25, 0.3) is 0 Å². The molecule has 4 rings (SSSR count). The first-order valence-corrected chi connectivity index (χ1v) is 8.26. The zero-order valence-corrected chi connectivity index (χ0v) is 13.3. The van der Waals surface area contributed by atoms with Crippen molar-refractivity contribution in [2.45, 2.75) is 31.5 Å². The van der Waals surface area contributed by atoms with E-state index in [4.69, 9.17) is 4.42 Å². The Hall–Kier alpha value is -1.66. The van der Waals surface area contributed by atoms with Gasteiger partial charge in [-0.15, -0.1) is 0 Å². The van der Waals surface area contributed by atoms with Crippen molar-refractivity contribution in [2.24, 2.45) is 5.92 Å². The normalized spacial score (nSPS) is 29.8. The highest BCUT2D eigenvalue weighted by Crippen LogP contribution is 2.32. The monoisotopic (exact) mass is 313 g/mol. The molecule has 1 aliphatic carbocycles. The van der Waals surface area contributed by atoms with E-state index in [0.29, 0.717) is 5.92 Å². The van der Waals surface area contributed by atoms with E-state index < -0.39 is 0 Å². The van der Waals surface area contributed by atoms with Crippen LogP contribution < -0.4 is 16.2 Å². The molecule has 1 aromatic heterocycles. The van der Waals surface area contributed by atoms with Crippen molar-refractivity contribution in [1.82, 2.24) is 16.2 Å². The van der Waals surface area contributed by atoms with Gasteiger partial charge in [-0.25, -0.2) is 5.43 Å². The van der Waals surface area contributed by atoms with Crippen LogP contribution in [0.1, 0.15) is 34.7 Å². The van der Waals surface area contributed by atoms with Crippen molar-refractivity contribution in [3.63, 3.8) is 0 Å². The zero-order chi connectivity index (χ0) is 15.8. The molecule has 4 N–H and O–H groups in total. The van der Waals surface area contributed by atoms with Crippen LogP contribution in [0.5, 0.6) is 0 Å². The Balaban J connectivity index is 1.44. The summed E-state index contributed by atoms with van der Waals surface area (Å²) >= 11 is 0. The smallest absolute Gasteiger partial charge is 0.122 e. The molecule has 0 saturated carbocycles. The van der Waals surface area contributed by atoms with Crippen LogP contribution in [0.2, 0.25) is 0 Å². The lowest BCUT2D eigenvalue weighted by atomic mass is 9.98. The third-order valence-electron chi connectivity index (χ3n) is 4.96. The second-order valence-electron chi connectivity index (χ2n) is 6.57. The Kier molecular flexibility index (Phi) is 3.95. The highest BCUT2D eigenvalue weighted by Gasteiger charge is 2.34. The molecule has 1 aromatic carbocycles. The van der Waals surface area contributed by atoms with Gasteiger partial charge in [-0.05, 0) is 30.2 Å². The fourth-order valence-corrected chi connectivity index (χ4v) is 3.75.